The molecule has 2 unspecified atom stereocenters. The summed E-state index contributed by atoms with van der Waals surface area (Å²) in [5.74, 6) is 0.765. The molecule has 2 atom stereocenters. The first-order chi connectivity index (χ1) is 17.7. The lowest BCUT2D eigenvalue weighted by molar-refractivity contribution is -0.115. The van der Waals surface area contributed by atoms with E-state index in [4.69, 9.17) is 0 Å². The summed E-state index contributed by atoms with van der Waals surface area (Å²) < 4.78 is 13.8. The molecule has 9 heteroatoms. The maximum atomic E-state index is 13.9. The van der Waals surface area contributed by atoms with Crippen LogP contribution in [0.25, 0.3) is 5.65 Å². The molecule has 1 aliphatic rings. The first kappa shape index (κ1) is 25.0. The predicted octanol–water partition coefficient (Wildman–Crippen LogP) is 4.14. The fourth-order valence-electron chi connectivity index (χ4n) is 5.01. The van der Waals surface area contributed by atoms with Crippen molar-refractivity contribution < 1.29 is 13.8 Å². The van der Waals surface area contributed by atoms with Crippen LogP contribution in [-0.4, -0.2) is 41.0 Å². The Morgan fingerprint density at radius 3 is 2.68 bits per heavy atom. The summed E-state index contributed by atoms with van der Waals surface area (Å²) in [4.78, 5) is 41.2. The average Bonchev–Trinajstić information content (AvgIpc) is 3.26. The van der Waals surface area contributed by atoms with Gasteiger partial charge in [0.05, 0.1) is 39.7 Å². The highest BCUT2D eigenvalue weighted by Gasteiger charge is 2.44. The van der Waals surface area contributed by atoms with Gasteiger partial charge >= 0.3 is 0 Å². The number of pyridine rings is 1. The Balaban J connectivity index is 1.37. The third-order valence-electron chi connectivity index (χ3n) is 6.98. The number of hydrogen-bond donors (Lipinski definition) is 1. The van der Waals surface area contributed by atoms with Crippen molar-refractivity contribution >= 4 is 34.0 Å². The van der Waals surface area contributed by atoms with Crippen molar-refractivity contribution in [1.82, 2.24) is 19.4 Å². The first-order valence-electron chi connectivity index (χ1n) is 12.3. The highest BCUT2D eigenvalue weighted by molar-refractivity contribution is 7.85. The van der Waals surface area contributed by atoms with Crippen molar-refractivity contribution in [2.75, 3.05) is 11.1 Å². The molecular weight excluding hydrogens is 486 g/mol. The maximum Gasteiger partial charge on any atom is 0.229 e. The molecular formula is C28H29N5O3S. The van der Waals surface area contributed by atoms with E-state index in [1.54, 1.807) is 24.4 Å². The average molecular weight is 516 g/mol. The summed E-state index contributed by atoms with van der Waals surface area (Å²) in [5, 5.41) is 2.88. The third kappa shape index (κ3) is 4.59. The zero-order valence-electron chi connectivity index (χ0n) is 21.4. The van der Waals surface area contributed by atoms with E-state index in [0.29, 0.717) is 47.0 Å². The van der Waals surface area contributed by atoms with Crippen LogP contribution in [0.1, 0.15) is 58.8 Å². The molecule has 0 bridgehead atoms. The minimum absolute atomic E-state index is 0.0255. The summed E-state index contributed by atoms with van der Waals surface area (Å²) in [5.41, 5.74) is 4.30. The van der Waals surface area contributed by atoms with Crippen LogP contribution in [0.15, 0.2) is 53.8 Å². The lowest BCUT2D eigenvalue weighted by Crippen LogP contribution is -2.39. The molecule has 3 heterocycles. The van der Waals surface area contributed by atoms with E-state index >= 15 is 0 Å². The molecule has 1 amide bonds. The summed E-state index contributed by atoms with van der Waals surface area (Å²) in [7, 11) is -1.02. The van der Waals surface area contributed by atoms with Gasteiger partial charge in [-0.15, -0.1) is 0 Å². The SMILES string of the molecule is CCS(=O)c1ccc(CC(=O)Nc2cc(C)c3c(n2)CCC(C)(c2nccn4cc(C)nc24)C3=O)cc1. The number of Topliss-reactive ketones (excluding diaryl/α,β-unsaturated/α-hetero) is 1. The number of fused-ring (bicyclic) bond motifs is 2. The Bertz CT molecular complexity index is 1560. The molecule has 4 aromatic rings. The van der Waals surface area contributed by atoms with Crippen molar-refractivity contribution in [3.63, 3.8) is 0 Å². The number of carbonyl (C=O) groups is 2. The molecule has 1 aliphatic carbocycles. The van der Waals surface area contributed by atoms with Crippen LogP contribution in [0.2, 0.25) is 0 Å². The Kier molecular flexibility index (Phi) is 6.49. The minimum atomic E-state index is -1.02. The number of benzene rings is 1. The first-order valence-corrected chi connectivity index (χ1v) is 13.6. The number of aromatic nitrogens is 4. The third-order valence-corrected chi connectivity index (χ3v) is 8.30. The van der Waals surface area contributed by atoms with E-state index in [9.17, 15) is 13.8 Å². The zero-order valence-corrected chi connectivity index (χ0v) is 22.2. The molecule has 0 spiro atoms. The Hall–Kier alpha value is -3.72. The molecule has 0 aliphatic heterocycles. The second kappa shape index (κ2) is 9.63. The molecule has 3 aromatic heterocycles. The van der Waals surface area contributed by atoms with Gasteiger partial charge in [-0.2, -0.15) is 0 Å². The van der Waals surface area contributed by atoms with Gasteiger partial charge in [0.25, 0.3) is 0 Å². The number of aryl methyl sites for hydroxylation is 3. The van der Waals surface area contributed by atoms with Crippen molar-refractivity contribution in [2.24, 2.45) is 0 Å². The van der Waals surface area contributed by atoms with Gasteiger partial charge in [-0.05, 0) is 62.9 Å². The maximum absolute atomic E-state index is 13.9. The van der Waals surface area contributed by atoms with Gasteiger partial charge in [0, 0.05) is 34.8 Å². The molecule has 1 aromatic carbocycles. The van der Waals surface area contributed by atoms with Gasteiger partial charge in [-0.3, -0.25) is 18.8 Å². The number of nitrogens with one attached hydrogen (secondary N) is 1. The lowest BCUT2D eigenvalue weighted by Gasteiger charge is -2.33. The van der Waals surface area contributed by atoms with Crippen molar-refractivity contribution in [3.8, 4) is 0 Å². The van der Waals surface area contributed by atoms with Gasteiger partial charge in [0.1, 0.15) is 5.82 Å². The van der Waals surface area contributed by atoms with Crippen LogP contribution in [0.3, 0.4) is 0 Å². The Morgan fingerprint density at radius 1 is 1.19 bits per heavy atom. The summed E-state index contributed by atoms with van der Waals surface area (Å²) in [6, 6.07) is 8.99. The quantitative estimate of drug-likeness (QED) is 0.414. The van der Waals surface area contributed by atoms with E-state index in [0.717, 1.165) is 21.7 Å². The summed E-state index contributed by atoms with van der Waals surface area (Å²) >= 11 is 0. The number of hydrogen-bond acceptors (Lipinski definition) is 6. The number of anilines is 1. The van der Waals surface area contributed by atoms with Gasteiger partial charge in [0.2, 0.25) is 5.91 Å². The predicted molar refractivity (Wildman–Crippen MR) is 142 cm³/mol. The van der Waals surface area contributed by atoms with E-state index in [-0.39, 0.29) is 18.1 Å². The summed E-state index contributed by atoms with van der Waals surface area (Å²) in [6.07, 6.45) is 6.78. The van der Waals surface area contributed by atoms with Gasteiger partial charge in [-0.1, -0.05) is 19.1 Å². The fourth-order valence-corrected chi connectivity index (χ4v) is 5.78. The van der Waals surface area contributed by atoms with Crippen LogP contribution in [-0.2, 0) is 33.9 Å². The fraction of sp³-hybridized carbons (Fsp3) is 0.321. The largest absolute Gasteiger partial charge is 0.310 e. The second-order valence-corrected chi connectivity index (χ2v) is 11.4. The number of amides is 1. The molecule has 0 saturated heterocycles. The zero-order chi connectivity index (χ0) is 26.3. The highest BCUT2D eigenvalue weighted by atomic mass is 32.2. The van der Waals surface area contributed by atoms with Crippen LogP contribution in [0.5, 0.6) is 0 Å². The van der Waals surface area contributed by atoms with Gasteiger partial charge < -0.3 is 9.72 Å². The van der Waals surface area contributed by atoms with Gasteiger partial charge in [0.15, 0.2) is 11.4 Å². The molecule has 190 valence electrons. The molecule has 8 nitrogen and oxygen atoms in total. The number of carbonyl (C=O) groups excluding carboxylic acids is 2. The van der Waals surface area contributed by atoms with Crippen molar-refractivity contribution in [2.45, 2.75) is 57.3 Å². The van der Waals surface area contributed by atoms with E-state index in [1.165, 1.54) is 0 Å². The molecule has 0 saturated carbocycles. The number of ketones is 1. The van der Waals surface area contributed by atoms with E-state index in [1.807, 2.05) is 56.6 Å². The van der Waals surface area contributed by atoms with Crippen LogP contribution in [0, 0.1) is 13.8 Å². The summed E-state index contributed by atoms with van der Waals surface area (Å²) in [6.45, 7) is 7.60. The monoisotopic (exact) mass is 515 g/mol. The molecule has 0 fully saturated rings. The normalized spacial score (nSPS) is 18.0. The lowest BCUT2D eigenvalue weighted by atomic mass is 9.70. The van der Waals surface area contributed by atoms with Crippen LogP contribution < -0.4 is 5.32 Å². The Labute approximate surface area is 218 Å². The smallest absolute Gasteiger partial charge is 0.229 e. The molecule has 5 rings (SSSR count). The second-order valence-electron chi connectivity index (χ2n) is 9.70. The molecule has 37 heavy (non-hydrogen) atoms. The van der Waals surface area contributed by atoms with Crippen molar-refractivity contribution in [3.05, 3.63) is 82.7 Å². The number of rotatable bonds is 6. The highest BCUT2D eigenvalue weighted by Crippen LogP contribution is 2.40. The van der Waals surface area contributed by atoms with E-state index < -0.39 is 16.2 Å². The van der Waals surface area contributed by atoms with Gasteiger partial charge in [-0.25, -0.2) is 9.97 Å². The number of nitrogens with zero attached hydrogens (tertiary/aromatic N) is 4. The minimum Gasteiger partial charge on any atom is -0.310 e. The van der Waals surface area contributed by atoms with Crippen LogP contribution >= 0.6 is 0 Å². The molecule has 1 N–H and O–H groups in total. The standard InChI is InChI=1S/C28H29N5O3S/c1-5-37(36)20-8-6-19(7-9-20)15-23(34)32-22-14-17(2)24-21(31-22)10-11-28(4,26(24)35)25-27-30-18(3)16-33(27)13-12-29-25/h6-9,12-14,16H,5,10-11,15H2,1-4H3,(H,31,32,34). The Morgan fingerprint density at radius 2 is 1.95 bits per heavy atom. The van der Waals surface area contributed by atoms with E-state index in [2.05, 4.69) is 20.3 Å². The van der Waals surface area contributed by atoms with Crippen LogP contribution in [0.4, 0.5) is 5.82 Å². The topological polar surface area (TPSA) is 106 Å². The molecule has 0 radical (unpaired) electrons. The number of imidazole rings is 1. The van der Waals surface area contributed by atoms with Crippen molar-refractivity contribution in [1.29, 1.82) is 0 Å².